The molecule has 110 valence electrons. The van der Waals surface area contributed by atoms with Crippen molar-refractivity contribution in [1.82, 2.24) is 4.90 Å². The average Bonchev–Trinajstić information content (AvgIpc) is 2.47. The zero-order valence-corrected chi connectivity index (χ0v) is 14.0. The van der Waals surface area contributed by atoms with E-state index in [0.29, 0.717) is 11.3 Å². The molecule has 1 unspecified atom stereocenters. The summed E-state index contributed by atoms with van der Waals surface area (Å²) in [5.41, 5.74) is 7.89. The maximum absolute atomic E-state index is 12.5. The Labute approximate surface area is 137 Å². The van der Waals surface area contributed by atoms with Gasteiger partial charge in [0.1, 0.15) is 5.75 Å². The van der Waals surface area contributed by atoms with Crippen LogP contribution in [0.5, 0.6) is 5.75 Å². The molecule has 0 bridgehead atoms. The van der Waals surface area contributed by atoms with Gasteiger partial charge in [0.05, 0.1) is 9.61 Å². The Bertz CT molecular complexity index is 673. The highest BCUT2D eigenvalue weighted by atomic mass is 127. The van der Waals surface area contributed by atoms with Crippen molar-refractivity contribution in [3.8, 4) is 5.75 Å². The van der Waals surface area contributed by atoms with Crippen LogP contribution in [0.4, 0.5) is 5.69 Å². The smallest absolute Gasteiger partial charge is 0.254 e. The van der Waals surface area contributed by atoms with Crippen molar-refractivity contribution in [1.29, 1.82) is 0 Å². The number of phenolic OH excluding ortho intramolecular Hbond substituents is 1. The molecule has 5 heteroatoms. The van der Waals surface area contributed by atoms with E-state index in [0.717, 1.165) is 9.13 Å². The van der Waals surface area contributed by atoms with E-state index in [2.05, 4.69) is 0 Å². The number of nitrogen functional groups attached to an aromatic ring is 1. The van der Waals surface area contributed by atoms with Crippen molar-refractivity contribution in [2.24, 2.45) is 0 Å². The van der Waals surface area contributed by atoms with Gasteiger partial charge in [-0.05, 0) is 65.4 Å². The first-order valence-corrected chi connectivity index (χ1v) is 7.59. The molecule has 2 aromatic carbocycles. The Kier molecular flexibility index (Phi) is 4.72. The van der Waals surface area contributed by atoms with Gasteiger partial charge in [0, 0.05) is 18.3 Å². The topological polar surface area (TPSA) is 66.6 Å². The van der Waals surface area contributed by atoms with Crippen LogP contribution in [0.15, 0.2) is 42.5 Å². The van der Waals surface area contributed by atoms with Gasteiger partial charge in [0.15, 0.2) is 0 Å². The summed E-state index contributed by atoms with van der Waals surface area (Å²) < 4.78 is 0.718. The summed E-state index contributed by atoms with van der Waals surface area (Å²) in [6, 6.07) is 12.3. The van der Waals surface area contributed by atoms with Crippen molar-refractivity contribution < 1.29 is 9.90 Å². The maximum atomic E-state index is 12.5. The van der Waals surface area contributed by atoms with Gasteiger partial charge in [0.2, 0.25) is 0 Å². The molecule has 0 aliphatic rings. The van der Waals surface area contributed by atoms with Gasteiger partial charge in [-0.2, -0.15) is 0 Å². The van der Waals surface area contributed by atoms with Crippen molar-refractivity contribution in [3.63, 3.8) is 0 Å². The van der Waals surface area contributed by atoms with Crippen LogP contribution < -0.4 is 5.73 Å². The highest BCUT2D eigenvalue weighted by Crippen LogP contribution is 2.25. The molecule has 1 amide bonds. The number of hydrogen-bond donors (Lipinski definition) is 2. The Balaban J connectivity index is 2.24. The molecule has 21 heavy (non-hydrogen) atoms. The molecule has 2 aromatic rings. The van der Waals surface area contributed by atoms with Crippen LogP contribution in [-0.4, -0.2) is 23.0 Å². The number of hydrogen-bond acceptors (Lipinski definition) is 3. The Hall–Kier alpha value is -1.76. The van der Waals surface area contributed by atoms with Gasteiger partial charge in [-0.3, -0.25) is 4.79 Å². The zero-order chi connectivity index (χ0) is 15.6. The number of benzene rings is 2. The fourth-order valence-electron chi connectivity index (χ4n) is 2.07. The van der Waals surface area contributed by atoms with E-state index >= 15 is 0 Å². The first-order valence-electron chi connectivity index (χ1n) is 6.51. The molecule has 0 saturated heterocycles. The van der Waals surface area contributed by atoms with Crippen LogP contribution in [-0.2, 0) is 0 Å². The number of nitrogens with two attached hydrogens (primary N) is 1. The second kappa shape index (κ2) is 6.34. The van der Waals surface area contributed by atoms with Crippen LogP contribution in [0.3, 0.4) is 0 Å². The Morgan fingerprint density at radius 1 is 1.29 bits per heavy atom. The third kappa shape index (κ3) is 3.47. The van der Waals surface area contributed by atoms with Gasteiger partial charge in [0.25, 0.3) is 5.91 Å². The number of carbonyl (C=O) groups is 1. The monoisotopic (exact) mass is 396 g/mol. The quantitative estimate of drug-likeness (QED) is 0.617. The summed E-state index contributed by atoms with van der Waals surface area (Å²) >= 11 is 2.02. The van der Waals surface area contributed by atoms with Crippen molar-refractivity contribution in [2.75, 3.05) is 12.8 Å². The minimum absolute atomic E-state index is 0.109. The summed E-state index contributed by atoms with van der Waals surface area (Å²) in [6.45, 7) is 1.94. The van der Waals surface area contributed by atoms with E-state index in [1.165, 1.54) is 6.07 Å². The van der Waals surface area contributed by atoms with Crippen molar-refractivity contribution in [2.45, 2.75) is 13.0 Å². The predicted molar refractivity (Wildman–Crippen MR) is 92.2 cm³/mol. The molecule has 3 N–H and O–H groups in total. The number of halogens is 1. The average molecular weight is 396 g/mol. The molecule has 0 heterocycles. The SMILES string of the molecule is CC(c1cccc(N)c1)N(C)C(=O)c1ccc(I)c(O)c1. The van der Waals surface area contributed by atoms with Gasteiger partial charge in [-0.25, -0.2) is 0 Å². The van der Waals surface area contributed by atoms with Crippen LogP contribution in [0.1, 0.15) is 28.9 Å². The third-order valence-electron chi connectivity index (χ3n) is 3.49. The highest BCUT2D eigenvalue weighted by Gasteiger charge is 2.19. The lowest BCUT2D eigenvalue weighted by molar-refractivity contribution is 0.0742. The van der Waals surface area contributed by atoms with Crippen LogP contribution in [0, 0.1) is 3.57 Å². The van der Waals surface area contributed by atoms with Crippen LogP contribution in [0.25, 0.3) is 0 Å². The van der Waals surface area contributed by atoms with E-state index in [9.17, 15) is 9.90 Å². The minimum atomic E-state index is -0.142. The third-order valence-corrected chi connectivity index (χ3v) is 4.40. The largest absolute Gasteiger partial charge is 0.507 e. The lowest BCUT2D eigenvalue weighted by atomic mass is 10.1. The summed E-state index contributed by atoms with van der Waals surface area (Å²) in [6.07, 6.45) is 0. The number of anilines is 1. The molecule has 0 saturated carbocycles. The normalized spacial score (nSPS) is 12.0. The minimum Gasteiger partial charge on any atom is -0.507 e. The molecule has 4 nitrogen and oxygen atoms in total. The molecule has 0 aromatic heterocycles. The second-order valence-electron chi connectivity index (χ2n) is 4.93. The molecule has 0 aliphatic carbocycles. The summed E-state index contributed by atoms with van der Waals surface area (Å²) in [5.74, 6) is -0.0249. The summed E-state index contributed by atoms with van der Waals surface area (Å²) in [5, 5.41) is 9.73. The van der Waals surface area contributed by atoms with Crippen LogP contribution in [0.2, 0.25) is 0 Å². The van der Waals surface area contributed by atoms with E-state index in [-0.39, 0.29) is 17.7 Å². The van der Waals surface area contributed by atoms with Gasteiger partial charge in [-0.15, -0.1) is 0 Å². The Morgan fingerprint density at radius 3 is 2.62 bits per heavy atom. The molecule has 0 aliphatic heterocycles. The first kappa shape index (κ1) is 15.6. The van der Waals surface area contributed by atoms with Crippen molar-refractivity contribution >= 4 is 34.2 Å². The van der Waals surface area contributed by atoms with E-state index in [4.69, 9.17) is 5.73 Å². The van der Waals surface area contributed by atoms with E-state index in [1.54, 1.807) is 24.1 Å². The molecular formula is C16H17IN2O2. The summed E-state index contributed by atoms with van der Waals surface area (Å²) in [4.78, 5) is 14.1. The molecule has 2 rings (SSSR count). The van der Waals surface area contributed by atoms with Crippen molar-refractivity contribution in [3.05, 3.63) is 57.2 Å². The number of nitrogens with zero attached hydrogens (tertiary/aromatic N) is 1. The molecular weight excluding hydrogens is 379 g/mol. The predicted octanol–water partition coefficient (Wildman–Crippen LogP) is 3.41. The number of aromatic hydroxyl groups is 1. The van der Waals surface area contributed by atoms with Gasteiger partial charge in [-0.1, -0.05) is 12.1 Å². The summed E-state index contributed by atoms with van der Waals surface area (Å²) in [7, 11) is 1.74. The molecule has 0 spiro atoms. The maximum Gasteiger partial charge on any atom is 0.254 e. The zero-order valence-electron chi connectivity index (χ0n) is 11.9. The molecule has 0 fully saturated rings. The number of phenols is 1. The van der Waals surface area contributed by atoms with Gasteiger partial charge < -0.3 is 15.7 Å². The fraction of sp³-hybridized carbons (Fsp3) is 0.188. The standard InChI is InChI=1S/C16H17IN2O2/c1-10(11-4-3-5-13(18)8-11)19(2)16(21)12-6-7-14(17)15(20)9-12/h3-10,20H,18H2,1-2H3. The van der Waals surface area contributed by atoms with Gasteiger partial charge >= 0.3 is 0 Å². The van der Waals surface area contributed by atoms with E-state index < -0.39 is 0 Å². The second-order valence-corrected chi connectivity index (χ2v) is 6.09. The molecule has 1 atom stereocenters. The highest BCUT2D eigenvalue weighted by molar-refractivity contribution is 14.1. The lowest BCUT2D eigenvalue weighted by Gasteiger charge is -2.25. The first-order chi connectivity index (χ1) is 9.90. The van der Waals surface area contributed by atoms with Crippen LogP contribution >= 0.6 is 22.6 Å². The lowest BCUT2D eigenvalue weighted by Crippen LogP contribution is -2.29. The number of rotatable bonds is 3. The van der Waals surface area contributed by atoms with E-state index in [1.807, 2.05) is 53.8 Å². The Morgan fingerprint density at radius 2 is 2.00 bits per heavy atom. The fourth-order valence-corrected chi connectivity index (χ4v) is 2.40. The molecule has 0 radical (unpaired) electrons. The number of carbonyl (C=O) groups excluding carboxylic acids is 1. The number of amides is 1.